The maximum atomic E-state index is 12.0. The molecule has 0 aliphatic rings. The fourth-order valence-electron chi connectivity index (χ4n) is 3.07. The van der Waals surface area contributed by atoms with Crippen LogP contribution in [-0.4, -0.2) is 17.6 Å². The molecule has 7 heteroatoms. The summed E-state index contributed by atoms with van der Waals surface area (Å²) < 4.78 is 11.2. The summed E-state index contributed by atoms with van der Waals surface area (Å²) in [6.45, 7) is 8.50. The van der Waals surface area contributed by atoms with E-state index >= 15 is 0 Å². The van der Waals surface area contributed by atoms with Gasteiger partial charge in [0.05, 0.1) is 18.7 Å². The van der Waals surface area contributed by atoms with Crippen LogP contribution in [0.5, 0.6) is 0 Å². The normalized spacial score (nSPS) is 11.3. The third kappa shape index (κ3) is 4.83. The first-order chi connectivity index (χ1) is 13.4. The molecule has 0 unspecified atom stereocenters. The highest BCUT2D eigenvalue weighted by molar-refractivity contribution is 8.00. The lowest BCUT2D eigenvalue weighted by Gasteiger charge is -2.12. The quantitative estimate of drug-likeness (QED) is 0.303. The van der Waals surface area contributed by atoms with Gasteiger partial charge in [-0.2, -0.15) is 0 Å². The van der Waals surface area contributed by atoms with E-state index < -0.39 is 0 Å². The van der Waals surface area contributed by atoms with Gasteiger partial charge in [-0.3, -0.25) is 4.79 Å². The Morgan fingerprint density at radius 3 is 2.82 bits per heavy atom. The Hall–Kier alpha value is -2.12. The van der Waals surface area contributed by atoms with E-state index in [1.165, 1.54) is 16.9 Å². The van der Waals surface area contributed by atoms with Gasteiger partial charge in [-0.05, 0) is 48.6 Å². The van der Waals surface area contributed by atoms with Crippen molar-refractivity contribution in [2.45, 2.75) is 50.1 Å². The van der Waals surface area contributed by atoms with Gasteiger partial charge >= 0.3 is 11.6 Å². The van der Waals surface area contributed by atoms with Crippen LogP contribution in [0.25, 0.3) is 11.0 Å². The van der Waals surface area contributed by atoms with Gasteiger partial charge in [0.15, 0.2) is 0 Å². The Bertz CT molecular complexity index is 1050. The molecular weight excluding hydrogens is 394 g/mol. The molecule has 0 bridgehead atoms. The smallest absolute Gasteiger partial charge is 0.336 e. The van der Waals surface area contributed by atoms with E-state index in [9.17, 15) is 9.59 Å². The van der Waals surface area contributed by atoms with Crippen LogP contribution < -0.4 is 5.63 Å². The summed E-state index contributed by atoms with van der Waals surface area (Å²) in [7, 11) is 0. The maximum Gasteiger partial charge on any atom is 0.336 e. The van der Waals surface area contributed by atoms with Crippen LogP contribution in [0, 0.1) is 6.92 Å². The molecule has 1 aromatic carbocycles. The number of hydrogen-bond acceptors (Lipinski definition) is 7. The van der Waals surface area contributed by atoms with Crippen molar-refractivity contribution >= 4 is 40.0 Å². The number of esters is 1. The molecule has 0 spiro atoms. The highest BCUT2D eigenvalue weighted by Gasteiger charge is 2.13. The molecule has 148 valence electrons. The monoisotopic (exact) mass is 417 g/mol. The molecule has 0 aliphatic carbocycles. The summed E-state index contributed by atoms with van der Waals surface area (Å²) in [5, 5.41) is 2.83. The SMILES string of the molecule is CCOC(=O)Cc1csc(SCc2cc(=O)oc3cc(C)c(C(C)C)cc23)n1. The number of ether oxygens (including phenoxy) is 1. The first-order valence-electron chi connectivity index (χ1n) is 9.17. The second-order valence-corrected chi connectivity index (χ2v) is 8.91. The Morgan fingerprint density at radius 2 is 2.11 bits per heavy atom. The van der Waals surface area contributed by atoms with Crippen LogP contribution in [0.3, 0.4) is 0 Å². The van der Waals surface area contributed by atoms with Crippen molar-refractivity contribution in [3.63, 3.8) is 0 Å². The number of aromatic nitrogens is 1. The lowest BCUT2D eigenvalue weighted by Crippen LogP contribution is -2.07. The van der Waals surface area contributed by atoms with Crippen molar-refractivity contribution in [1.29, 1.82) is 0 Å². The number of thiazole rings is 1. The number of rotatable bonds is 7. The Balaban J connectivity index is 1.82. The number of nitrogens with zero attached hydrogens (tertiary/aromatic N) is 1. The van der Waals surface area contributed by atoms with E-state index in [2.05, 4.69) is 24.9 Å². The molecule has 2 heterocycles. The number of thioether (sulfide) groups is 1. The van der Waals surface area contributed by atoms with Gasteiger partial charge in [-0.1, -0.05) is 25.6 Å². The van der Waals surface area contributed by atoms with Crippen LogP contribution in [0.2, 0.25) is 0 Å². The van der Waals surface area contributed by atoms with E-state index in [0.29, 0.717) is 29.6 Å². The van der Waals surface area contributed by atoms with E-state index in [4.69, 9.17) is 9.15 Å². The van der Waals surface area contributed by atoms with Gasteiger partial charge in [0.25, 0.3) is 0 Å². The largest absolute Gasteiger partial charge is 0.466 e. The summed E-state index contributed by atoms with van der Waals surface area (Å²) in [5.74, 6) is 0.725. The standard InChI is InChI=1S/C21H23NO4S2/c1-5-25-19(23)8-15-11-28-21(22-15)27-10-14-7-20(24)26-18-6-13(4)16(12(2)3)9-17(14)18/h6-7,9,11-12H,5,8,10H2,1-4H3. The number of aryl methyl sites for hydroxylation is 1. The average molecular weight is 418 g/mol. The third-order valence-corrected chi connectivity index (χ3v) is 6.47. The first kappa shape index (κ1) is 20.6. The highest BCUT2D eigenvalue weighted by atomic mass is 32.2. The molecule has 0 saturated carbocycles. The molecule has 0 atom stereocenters. The fourth-order valence-corrected chi connectivity index (χ4v) is 4.90. The molecule has 28 heavy (non-hydrogen) atoms. The van der Waals surface area contributed by atoms with Crippen molar-refractivity contribution in [2.75, 3.05) is 6.61 Å². The summed E-state index contributed by atoms with van der Waals surface area (Å²) in [4.78, 5) is 28.1. The predicted octanol–water partition coefficient (Wildman–Crippen LogP) is 5.08. The van der Waals surface area contributed by atoms with Gasteiger partial charge < -0.3 is 9.15 Å². The van der Waals surface area contributed by atoms with Crippen LogP contribution >= 0.6 is 23.1 Å². The van der Waals surface area contributed by atoms with Gasteiger partial charge in [0, 0.05) is 22.6 Å². The number of carbonyl (C=O) groups is 1. The number of carbonyl (C=O) groups excluding carboxylic acids is 1. The number of fused-ring (bicyclic) bond motifs is 1. The number of benzene rings is 1. The summed E-state index contributed by atoms with van der Waals surface area (Å²) in [5.41, 5.74) is 4.29. The zero-order chi connectivity index (χ0) is 20.3. The molecule has 3 aromatic rings. The van der Waals surface area contributed by atoms with Crippen molar-refractivity contribution in [2.24, 2.45) is 0 Å². The molecule has 3 rings (SSSR count). The minimum Gasteiger partial charge on any atom is -0.466 e. The fraction of sp³-hybridized carbons (Fsp3) is 0.381. The topological polar surface area (TPSA) is 69.4 Å². The zero-order valence-corrected chi connectivity index (χ0v) is 18.0. The third-order valence-electron chi connectivity index (χ3n) is 4.35. The molecular formula is C21H23NO4S2. The molecule has 0 saturated heterocycles. The summed E-state index contributed by atoms with van der Waals surface area (Å²) in [6, 6.07) is 5.63. The maximum absolute atomic E-state index is 12.0. The van der Waals surface area contributed by atoms with E-state index in [1.807, 2.05) is 18.4 Å². The van der Waals surface area contributed by atoms with Crippen molar-refractivity contribution in [1.82, 2.24) is 4.98 Å². The van der Waals surface area contributed by atoms with E-state index in [-0.39, 0.29) is 18.0 Å². The second-order valence-electron chi connectivity index (χ2n) is 6.83. The molecule has 0 aliphatic heterocycles. The summed E-state index contributed by atoms with van der Waals surface area (Å²) in [6.07, 6.45) is 0.180. The second kappa shape index (κ2) is 8.92. The van der Waals surface area contributed by atoms with Gasteiger partial charge in [-0.15, -0.1) is 11.3 Å². The zero-order valence-electron chi connectivity index (χ0n) is 16.4. The number of hydrogen-bond donors (Lipinski definition) is 0. The van der Waals surface area contributed by atoms with Crippen molar-refractivity contribution in [3.05, 3.63) is 56.4 Å². The molecule has 0 N–H and O–H groups in total. The lowest BCUT2D eigenvalue weighted by atomic mass is 9.95. The van der Waals surface area contributed by atoms with Crippen LogP contribution in [0.1, 0.15) is 49.1 Å². The highest BCUT2D eigenvalue weighted by Crippen LogP contribution is 2.31. The minimum absolute atomic E-state index is 0.180. The van der Waals surface area contributed by atoms with Crippen molar-refractivity contribution < 1.29 is 13.9 Å². The van der Waals surface area contributed by atoms with Gasteiger partial charge in [0.1, 0.15) is 9.92 Å². The lowest BCUT2D eigenvalue weighted by molar-refractivity contribution is -0.142. The van der Waals surface area contributed by atoms with Crippen molar-refractivity contribution in [3.8, 4) is 0 Å². The van der Waals surface area contributed by atoms with E-state index in [0.717, 1.165) is 20.9 Å². The molecule has 5 nitrogen and oxygen atoms in total. The Morgan fingerprint density at radius 1 is 1.32 bits per heavy atom. The molecule has 0 amide bonds. The van der Waals surface area contributed by atoms with Crippen LogP contribution in [-0.2, 0) is 21.7 Å². The van der Waals surface area contributed by atoms with Gasteiger partial charge in [0.2, 0.25) is 0 Å². The minimum atomic E-state index is -0.345. The average Bonchev–Trinajstić information content (AvgIpc) is 3.06. The van der Waals surface area contributed by atoms with Crippen LogP contribution in [0.4, 0.5) is 0 Å². The summed E-state index contributed by atoms with van der Waals surface area (Å²) >= 11 is 3.04. The van der Waals surface area contributed by atoms with E-state index in [1.54, 1.807) is 24.8 Å². The Kier molecular flexibility index (Phi) is 6.57. The van der Waals surface area contributed by atoms with Crippen LogP contribution in [0.15, 0.2) is 37.1 Å². The Labute approximate surface area is 172 Å². The van der Waals surface area contributed by atoms with Gasteiger partial charge in [-0.25, -0.2) is 9.78 Å². The molecule has 2 aromatic heterocycles. The predicted molar refractivity (Wildman–Crippen MR) is 113 cm³/mol. The molecule has 0 fully saturated rings. The first-order valence-corrected chi connectivity index (χ1v) is 11.0. The molecule has 0 radical (unpaired) electrons.